The number of hydrogen-bond acceptors (Lipinski definition) is 5. The van der Waals surface area contributed by atoms with Gasteiger partial charge in [-0.25, -0.2) is 4.98 Å². The molecule has 0 bridgehead atoms. The molecule has 0 unspecified atom stereocenters. The Morgan fingerprint density at radius 3 is 3.00 bits per heavy atom. The average molecular weight is 380 g/mol. The topological polar surface area (TPSA) is 88.0 Å². The zero-order valence-corrected chi connectivity index (χ0v) is 16.6. The van der Waals surface area contributed by atoms with E-state index >= 15 is 0 Å². The third kappa shape index (κ3) is 3.98. The van der Waals surface area contributed by atoms with Crippen LogP contribution in [-0.2, 0) is 11.2 Å². The molecule has 0 amide bonds. The molecule has 2 aromatic heterocycles. The molecule has 1 aliphatic heterocycles. The van der Waals surface area contributed by atoms with Gasteiger partial charge in [0.2, 0.25) is 0 Å². The SMILES string of the molecule is CCCc1nc(Nc2cc(N[C@@H]3CCOC[C@@H]3N)cc3[nH]ccc23)ccc1C. The van der Waals surface area contributed by atoms with Crippen LogP contribution in [0.3, 0.4) is 0 Å². The Balaban J connectivity index is 1.63. The molecule has 28 heavy (non-hydrogen) atoms. The van der Waals surface area contributed by atoms with Crippen molar-refractivity contribution in [3.8, 4) is 0 Å². The Bertz CT molecular complexity index is 951. The van der Waals surface area contributed by atoms with Crippen LogP contribution in [0.5, 0.6) is 0 Å². The molecule has 0 radical (unpaired) electrons. The van der Waals surface area contributed by atoms with Crippen LogP contribution < -0.4 is 16.4 Å². The zero-order valence-electron chi connectivity index (χ0n) is 16.6. The van der Waals surface area contributed by atoms with Gasteiger partial charge in [0.15, 0.2) is 0 Å². The predicted octanol–water partition coefficient (Wildman–Crippen LogP) is 4.10. The third-order valence-corrected chi connectivity index (χ3v) is 5.37. The molecule has 1 aliphatic rings. The fourth-order valence-electron chi connectivity index (χ4n) is 3.78. The number of rotatable bonds is 6. The van der Waals surface area contributed by atoms with Crippen molar-refractivity contribution in [1.82, 2.24) is 9.97 Å². The van der Waals surface area contributed by atoms with Crippen LogP contribution in [0.15, 0.2) is 36.5 Å². The van der Waals surface area contributed by atoms with Crippen LogP contribution in [0.25, 0.3) is 10.9 Å². The van der Waals surface area contributed by atoms with E-state index in [2.05, 4.69) is 53.7 Å². The first-order valence-electron chi connectivity index (χ1n) is 10.1. The molecule has 3 heterocycles. The fraction of sp³-hybridized carbons (Fsp3) is 0.409. The lowest BCUT2D eigenvalue weighted by Gasteiger charge is -2.30. The highest BCUT2D eigenvalue weighted by atomic mass is 16.5. The van der Waals surface area contributed by atoms with Crippen LogP contribution in [0, 0.1) is 6.92 Å². The van der Waals surface area contributed by atoms with E-state index in [4.69, 9.17) is 15.5 Å². The molecule has 2 atom stereocenters. The molecule has 6 nitrogen and oxygen atoms in total. The van der Waals surface area contributed by atoms with E-state index < -0.39 is 0 Å². The smallest absolute Gasteiger partial charge is 0.130 e. The summed E-state index contributed by atoms with van der Waals surface area (Å²) in [4.78, 5) is 8.15. The number of nitrogens with one attached hydrogen (secondary N) is 3. The maximum Gasteiger partial charge on any atom is 0.130 e. The number of hydrogen-bond donors (Lipinski definition) is 4. The average Bonchev–Trinajstić information content (AvgIpc) is 3.15. The van der Waals surface area contributed by atoms with E-state index in [1.807, 2.05) is 12.3 Å². The number of anilines is 3. The zero-order chi connectivity index (χ0) is 19.5. The number of fused-ring (bicyclic) bond motifs is 1. The molecule has 1 aromatic carbocycles. The molecule has 1 saturated heterocycles. The summed E-state index contributed by atoms with van der Waals surface area (Å²) in [6.45, 7) is 5.64. The Hall–Kier alpha value is -2.57. The van der Waals surface area contributed by atoms with E-state index in [9.17, 15) is 0 Å². The highest BCUT2D eigenvalue weighted by Crippen LogP contribution is 2.31. The second-order valence-corrected chi connectivity index (χ2v) is 7.58. The summed E-state index contributed by atoms with van der Waals surface area (Å²) in [7, 11) is 0. The Morgan fingerprint density at radius 1 is 1.29 bits per heavy atom. The molecule has 5 N–H and O–H groups in total. The van der Waals surface area contributed by atoms with Gasteiger partial charge in [-0.3, -0.25) is 0 Å². The van der Waals surface area contributed by atoms with Crippen molar-refractivity contribution in [2.75, 3.05) is 23.8 Å². The highest BCUT2D eigenvalue weighted by molar-refractivity contribution is 5.96. The van der Waals surface area contributed by atoms with E-state index in [-0.39, 0.29) is 12.1 Å². The Kier molecular flexibility index (Phi) is 5.50. The minimum atomic E-state index is -0.000125. The lowest BCUT2D eigenvalue weighted by atomic mass is 10.0. The number of ether oxygens (including phenoxy) is 1. The van der Waals surface area contributed by atoms with Gasteiger partial charge in [-0.2, -0.15) is 0 Å². The van der Waals surface area contributed by atoms with E-state index in [0.717, 1.165) is 59.7 Å². The molecule has 3 aromatic rings. The minimum Gasteiger partial charge on any atom is -0.380 e. The van der Waals surface area contributed by atoms with Gasteiger partial charge in [0.05, 0.1) is 12.3 Å². The van der Waals surface area contributed by atoms with Gasteiger partial charge in [0.25, 0.3) is 0 Å². The second-order valence-electron chi connectivity index (χ2n) is 7.58. The third-order valence-electron chi connectivity index (χ3n) is 5.37. The molecule has 1 fully saturated rings. The summed E-state index contributed by atoms with van der Waals surface area (Å²) in [6.07, 6.45) is 4.95. The lowest BCUT2D eigenvalue weighted by Crippen LogP contribution is -2.47. The lowest BCUT2D eigenvalue weighted by molar-refractivity contribution is 0.0752. The van der Waals surface area contributed by atoms with Crippen molar-refractivity contribution >= 4 is 28.1 Å². The van der Waals surface area contributed by atoms with E-state index in [1.54, 1.807) is 0 Å². The number of pyridine rings is 1. The molecule has 4 rings (SSSR count). The maximum absolute atomic E-state index is 6.22. The van der Waals surface area contributed by atoms with E-state index in [0.29, 0.717) is 6.61 Å². The Labute approximate surface area is 165 Å². The van der Waals surface area contributed by atoms with Crippen molar-refractivity contribution in [2.45, 2.75) is 45.2 Å². The van der Waals surface area contributed by atoms with Crippen molar-refractivity contribution in [2.24, 2.45) is 5.73 Å². The number of H-pyrrole nitrogens is 1. The first-order valence-corrected chi connectivity index (χ1v) is 10.1. The maximum atomic E-state index is 6.22. The summed E-state index contributed by atoms with van der Waals surface area (Å²) >= 11 is 0. The van der Waals surface area contributed by atoms with E-state index in [1.165, 1.54) is 5.56 Å². The van der Waals surface area contributed by atoms with Crippen molar-refractivity contribution < 1.29 is 4.74 Å². The first kappa shape index (κ1) is 18.8. The summed E-state index contributed by atoms with van der Waals surface area (Å²) in [5.41, 5.74) is 11.8. The first-order chi connectivity index (χ1) is 13.6. The fourth-order valence-corrected chi connectivity index (χ4v) is 3.78. The number of aromatic nitrogens is 2. The van der Waals surface area contributed by atoms with Gasteiger partial charge in [-0.15, -0.1) is 0 Å². The van der Waals surface area contributed by atoms with Crippen LogP contribution >= 0.6 is 0 Å². The molecule has 0 spiro atoms. The van der Waals surface area contributed by atoms with Crippen molar-refractivity contribution in [3.05, 3.63) is 47.8 Å². The van der Waals surface area contributed by atoms with Crippen LogP contribution in [0.4, 0.5) is 17.2 Å². The summed E-state index contributed by atoms with van der Waals surface area (Å²) in [5, 5.41) is 8.26. The van der Waals surface area contributed by atoms with Gasteiger partial charge in [0.1, 0.15) is 5.82 Å². The van der Waals surface area contributed by atoms with Gasteiger partial charge >= 0.3 is 0 Å². The molecule has 148 valence electrons. The number of aryl methyl sites for hydroxylation is 2. The predicted molar refractivity (Wildman–Crippen MR) is 115 cm³/mol. The van der Waals surface area contributed by atoms with Crippen LogP contribution in [0.2, 0.25) is 0 Å². The van der Waals surface area contributed by atoms with Crippen molar-refractivity contribution in [3.63, 3.8) is 0 Å². The Morgan fingerprint density at radius 2 is 2.18 bits per heavy atom. The number of benzene rings is 1. The quantitative estimate of drug-likeness (QED) is 0.518. The van der Waals surface area contributed by atoms with Gasteiger partial charge in [-0.1, -0.05) is 19.4 Å². The van der Waals surface area contributed by atoms with Gasteiger partial charge < -0.3 is 26.1 Å². The summed E-state index contributed by atoms with van der Waals surface area (Å²) in [5.74, 6) is 0.872. The van der Waals surface area contributed by atoms with Crippen LogP contribution in [0.1, 0.15) is 31.0 Å². The molecule has 0 saturated carbocycles. The molecular formula is C22H29N5O. The second kappa shape index (κ2) is 8.20. The monoisotopic (exact) mass is 379 g/mol. The number of nitrogens with zero attached hydrogens (tertiary/aromatic N) is 1. The van der Waals surface area contributed by atoms with Gasteiger partial charge in [-0.05, 0) is 49.6 Å². The number of nitrogens with two attached hydrogens (primary N) is 1. The molecule has 0 aliphatic carbocycles. The standard InChI is InChI=1S/C22H29N5O/c1-3-4-18-14(2)5-6-22(26-18)27-21-12-15(11-20-16(21)7-9-24-20)25-19-8-10-28-13-17(19)23/h5-7,9,11-12,17,19,24-25H,3-4,8,10,13,23H2,1-2H3,(H,26,27)/t17-,19+/m0/s1. The van der Waals surface area contributed by atoms with Crippen molar-refractivity contribution in [1.29, 1.82) is 0 Å². The largest absolute Gasteiger partial charge is 0.380 e. The summed E-state index contributed by atoms with van der Waals surface area (Å²) < 4.78 is 5.46. The van der Waals surface area contributed by atoms with Gasteiger partial charge in [0, 0.05) is 47.2 Å². The molecular weight excluding hydrogens is 350 g/mol. The molecule has 6 heteroatoms. The highest BCUT2D eigenvalue weighted by Gasteiger charge is 2.22. The number of aromatic amines is 1. The normalized spacial score (nSPS) is 19.7. The minimum absolute atomic E-state index is 0.000125. The van der Waals surface area contributed by atoms with Crippen LogP contribution in [-0.4, -0.2) is 35.3 Å². The summed E-state index contributed by atoms with van der Waals surface area (Å²) in [6, 6.07) is 10.7.